The average molecular weight is 457 g/mol. The van der Waals surface area contributed by atoms with Crippen LogP contribution < -0.4 is 20.5 Å². The van der Waals surface area contributed by atoms with Gasteiger partial charge < -0.3 is 15.0 Å². The Balaban J connectivity index is 1.69. The molecule has 0 radical (unpaired) electrons. The fourth-order valence-corrected chi connectivity index (χ4v) is 3.63. The lowest BCUT2D eigenvalue weighted by Crippen LogP contribution is -2.43. The molecule has 0 saturated carbocycles. The minimum atomic E-state index is -0.852. The second-order valence-electron chi connectivity index (χ2n) is 7.54. The maximum absolute atomic E-state index is 14.9. The van der Waals surface area contributed by atoms with Crippen molar-refractivity contribution in [2.24, 2.45) is 0 Å². The van der Waals surface area contributed by atoms with E-state index in [-0.39, 0.29) is 75.3 Å². The number of carbonyl (C=O) groups is 3. The van der Waals surface area contributed by atoms with E-state index in [4.69, 9.17) is 4.74 Å². The van der Waals surface area contributed by atoms with Gasteiger partial charge >= 0.3 is 6.09 Å². The van der Waals surface area contributed by atoms with Crippen LogP contribution in [0.4, 0.5) is 29.3 Å². The molecule has 176 valence electrons. The third kappa shape index (κ3) is 5.61. The summed E-state index contributed by atoms with van der Waals surface area (Å²) in [4.78, 5) is 37.8. The van der Waals surface area contributed by atoms with Crippen molar-refractivity contribution in [3.05, 3.63) is 23.8 Å². The largest absolute Gasteiger partial charge is 0.442 e. The van der Waals surface area contributed by atoms with Gasteiger partial charge in [-0.3, -0.25) is 23.9 Å². The molecule has 1 aromatic rings. The fraction of sp³-hybridized carbons (Fsp3) is 0.550. The van der Waals surface area contributed by atoms with E-state index in [0.717, 1.165) is 17.0 Å². The van der Waals surface area contributed by atoms with Crippen LogP contribution in [0.2, 0.25) is 0 Å². The molecule has 2 aliphatic heterocycles. The molecule has 12 heteroatoms. The zero-order chi connectivity index (χ0) is 23.3. The first-order valence-corrected chi connectivity index (χ1v) is 10.4. The van der Waals surface area contributed by atoms with Crippen molar-refractivity contribution in [2.45, 2.75) is 25.9 Å². The molecule has 1 atom stereocenters. The molecule has 2 N–H and O–H groups in total. The Morgan fingerprint density at radius 2 is 1.94 bits per heavy atom. The maximum Gasteiger partial charge on any atom is 0.414 e. The molecule has 0 bridgehead atoms. The molecule has 2 heterocycles. The monoisotopic (exact) mass is 457 g/mol. The Morgan fingerprint density at radius 3 is 2.59 bits per heavy atom. The summed E-state index contributed by atoms with van der Waals surface area (Å²) in [5.74, 6) is -2.26. The van der Waals surface area contributed by atoms with E-state index >= 15 is 0 Å². The summed E-state index contributed by atoms with van der Waals surface area (Å²) in [6.07, 6.45) is -1.21. The number of hydrogen-bond acceptors (Lipinski definition) is 6. The number of rotatable bonds is 7. The van der Waals surface area contributed by atoms with E-state index in [2.05, 4.69) is 10.7 Å². The SMILES string of the molecule is CC(=O)NC[C@H]1CN(c2cc(F)c(N3CCNN(C(=O)CCCF)CC3)c(F)c2)C(=O)O1. The van der Waals surface area contributed by atoms with Gasteiger partial charge in [-0.1, -0.05) is 0 Å². The molecule has 3 rings (SSSR count). The molecule has 32 heavy (non-hydrogen) atoms. The predicted molar refractivity (Wildman–Crippen MR) is 110 cm³/mol. The van der Waals surface area contributed by atoms with Crippen LogP contribution in [-0.2, 0) is 14.3 Å². The first-order chi connectivity index (χ1) is 15.3. The lowest BCUT2D eigenvalue weighted by molar-refractivity contribution is -0.134. The van der Waals surface area contributed by atoms with E-state index in [1.807, 2.05) is 0 Å². The van der Waals surface area contributed by atoms with Crippen LogP contribution in [0.3, 0.4) is 0 Å². The highest BCUT2D eigenvalue weighted by atomic mass is 19.1. The van der Waals surface area contributed by atoms with Gasteiger partial charge in [0.05, 0.1) is 32.0 Å². The first-order valence-electron chi connectivity index (χ1n) is 10.4. The van der Waals surface area contributed by atoms with Crippen LogP contribution in [0.25, 0.3) is 0 Å². The van der Waals surface area contributed by atoms with Crippen LogP contribution in [0.15, 0.2) is 12.1 Å². The molecule has 2 saturated heterocycles. The summed E-state index contributed by atoms with van der Waals surface area (Å²) in [7, 11) is 0. The molecule has 1 aromatic carbocycles. The molecular formula is C20H26F3N5O4. The summed E-state index contributed by atoms with van der Waals surface area (Å²) in [5.41, 5.74) is 2.65. The Labute approximate surface area is 183 Å². The van der Waals surface area contributed by atoms with Crippen molar-refractivity contribution >= 4 is 29.3 Å². The number of hydrogen-bond donors (Lipinski definition) is 2. The van der Waals surface area contributed by atoms with Crippen molar-refractivity contribution in [1.29, 1.82) is 0 Å². The number of carbonyl (C=O) groups excluding carboxylic acids is 3. The van der Waals surface area contributed by atoms with Gasteiger partial charge in [0, 0.05) is 45.1 Å². The van der Waals surface area contributed by atoms with E-state index < -0.39 is 30.5 Å². The highest BCUT2D eigenvalue weighted by Gasteiger charge is 2.34. The number of anilines is 2. The summed E-state index contributed by atoms with van der Waals surface area (Å²) >= 11 is 0. The number of nitrogens with zero attached hydrogens (tertiary/aromatic N) is 3. The van der Waals surface area contributed by atoms with Gasteiger partial charge in [0.15, 0.2) is 11.6 Å². The van der Waals surface area contributed by atoms with Gasteiger partial charge in [-0.15, -0.1) is 0 Å². The number of cyclic esters (lactones) is 1. The Hall–Kier alpha value is -3.02. The Morgan fingerprint density at radius 1 is 1.22 bits per heavy atom. The number of amides is 3. The first kappa shape index (κ1) is 23.6. The van der Waals surface area contributed by atoms with E-state index in [0.29, 0.717) is 0 Å². The molecule has 0 aromatic heterocycles. The third-order valence-corrected chi connectivity index (χ3v) is 5.19. The average Bonchev–Trinajstić information content (AvgIpc) is 2.95. The topological polar surface area (TPSA) is 94.2 Å². The molecule has 0 aliphatic carbocycles. The van der Waals surface area contributed by atoms with Crippen molar-refractivity contribution in [3.63, 3.8) is 0 Å². The lowest BCUT2D eigenvalue weighted by Gasteiger charge is -2.25. The van der Waals surface area contributed by atoms with Crippen LogP contribution in [0, 0.1) is 11.6 Å². The minimum Gasteiger partial charge on any atom is -0.442 e. The number of ether oxygens (including phenoxy) is 1. The van der Waals surface area contributed by atoms with Gasteiger partial charge in [-0.25, -0.2) is 19.0 Å². The van der Waals surface area contributed by atoms with Gasteiger partial charge in [0.1, 0.15) is 11.8 Å². The van der Waals surface area contributed by atoms with Crippen molar-refractivity contribution in [1.82, 2.24) is 15.8 Å². The molecule has 3 amide bonds. The van der Waals surface area contributed by atoms with Crippen molar-refractivity contribution in [3.8, 4) is 0 Å². The summed E-state index contributed by atoms with van der Waals surface area (Å²) in [5, 5.41) is 3.88. The van der Waals surface area contributed by atoms with Crippen LogP contribution in [0.1, 0.15) is 19.8 Å². The Bertz CT molecular complexity index is 849. The van der Waals surface area contributed by atoms with E-state index in [1.165, 1.54) is 16.8 Å². The standard InChI is InChI=1S/C20H26F3N5O4/c1-13(29)24-11-15-12-27(20(31)32-15)14-9-16(22)19(17(23)10-14)26-6-5-25-28(8-7-26)18(30)3-2-4-21/h9-10,15,25H,2-8,11-12H2,1H3,(H,24,29)/t15-/m0/s1. The maximum atomic E-state index is 14.9. The number of halogens is 3. The van der Waals surface area contributed by atoms with E-state index in [1.54, 1.807) is 0 Å². The van der Waals surface area contributed by atoms with Crippen LogP contribution >= 0.6 is 0 Å². The predicted octanol–water partition coefficient (Wildman–Crippen LogP) is 1.33. The van der Waals surface area contributed by atoms with Crippen molar-refractivity contribution < 1.29 is 32.3 Å². The number of nitrogens with one attached hydrogen (secondary N) is 2. The second-order valence-corrected chi connectivity index (χ2v) is 7.54. The van der Waals surface area contributed by atoms with Gasteiger partial charge in [0.25, 0.3) is 0 Å². The molecular weight excluding hydrogens is 431 g/mol. The fourth-order valence-electron chi connectivity index (χ4n) is 3.63. The summed E-state index contributed by atoms with van der Waals surface area (Å²) in [6, 6.07) is 2.12. The normalized spacial score (nSPS) is 19.1. The molecule has 2 aliphatic rings. The number of benzene rings is 1. The molecule has 0 spiro atoms. The summed E-state index contributed by atoms with van der Waals surface area (Å²) < 4.78 is 47.3. The highest BCUT2D eigenvalue weighted by molar-refractivity contribution is 5.90. The van der Waals surface area contributed by atoms with Crippen LogP contribution in [-0.4, -0.2) is 75.0 Å². The zero-order valence-electron chi connectivity index (χ0n) is 17.7. The van der Waals surface area contributed by atoms with Crippen LogP contribution in [0.5, 0.6) is 0 Å². The quantitative estimate of drug-likeness (QED) is 0.642. The van der Waals surface area contributed by atoms with Gasteiger partial charge in [-0.05, 0) is 6.42 Å². The summed E-state index contributed by atoms with van der Waals surface area (Å²) in [6.45, 7) is 1.74. The molecule has 2 fully saturated rings. The lowest BCUT2D eigenvalue weighted by atomic mass is 10.2. The molecule has 0 unspecified atom stereocenters. The smallest absolute Gasteiger partial charge is 0.414 e. The number of alkyl halides is 1. The minimum absolute atomic E-state index is 0.00930. The van der Waals surface area contributed by atoms with E-state index in [9.17, 15) is 27.6 Å². The van der Waals surface area contributed by atoms with Gasteiger partial charge in [-0.2, -0.15) is 0 Å². The number of hydrazine groups is 1. The third-order valence-electron chi connectivity index (χ3n) is 5.19. The molecule has 9 nitrogen and oxygen atoms in total. The van der Waals surface area contributed by atoms with Gasteiger partial charge in [0.2, 0.25) is 11.8 Å². The van der Waals surface area contributed by atoms with Crippen molar-refractivity contribution in [2.75, 3.05) is 55.7 Å². The zero-order valence-corrected chi connectivity index (χ0v) is 17.7. The highest BCUT2D eigenvalue weighted by Crippen LogP contribution is 2.31. The Kier molecular flexibility index (Phi) is 7.78. The second kappa shape index (κ2) is 10.5.